The third-order valence-corrected chi connectivity index (χ3v) is 3.04. The van der Waals surface area contributed by atoms with Crippen molar-refractivity contribution in [3.05, 3.63) is 35.8 Å². The SMILES string of the molecule is CCN(CC)Cc1ccc(C(=O)NCc2ncn[nH]2)o1. The number of H-pyrrole nitrogens is 1. The second kappa shape index (κ2) is 6.85. The van der Waals surface area contributed by atoms with Gasteiger partial charge in [-0.2, -0.15) is 5.10 Å². The lowest BCUT2D eigenvalue weighted by molar-refractivity contribution is 0.0918. The Balaban J connectivity index is 1.89. The van der Waals surface area contributed by atoms with Crippen molar-refractivity contribution < 1.29 is 9.21 Å². The Labute approximate surface area is 117 Å². The molecular formula is C13H19N5O2. The molecule has 2 aromatic heterocycles. The van der Waals surface area contributed by atoms with E-state index in [1.54, 1.807) is 6.07 Å². The molecule has 7 heteroatoms. The molecule has 20 heavy (non-hydrogen) atoms. The summed E-state index contributed by atoms with van der Waals surface area (Å²) in [4.78, 5) is 18.0. The van der Waals surface area contributed by atoms with Crippen LogP contribution in [0.3, 0.4) is 0 Å². The summed E-state index contributed by atoms with van der Waals surface area (Å²) >= 11 is 0. The lowest BCUT2D eigenvalue weighted by Crippen LogP contribution is -2.23. The standard InChI is InChI=1S/C13H19N5O2/c1-3-18(4-2)8-10-5-6-11(20-10)13(19)14-7-12-15-9-16-17-12/h5-6,9H,3-4,7-8H2,1-2H3,(H,14,19)(H,15,16,17). The fourth-order valence-electron chi connectivity index (χ4n) is 1.82. The predicted molar refractivity (Wildman–Crippen MR) is 72.9 cm³/mol. The molecule has 0 aliphatic heterocycles. The van der Waals surface area contributed by atoms with Gasteiger partial charge in [-0.3, -0.25) is 14.8 Å². The molecule has 7 nitrogen and oxygen atoms in total. The molecular weight excluding hydrogens is 258 g/mol. The summed E-state index contributed by atoms with van der Waals surface area (Å²) in [5.74, 6) is 1.45. The van der Waals surface area contributed by atoms with Crippen LogP contribution in [0.15, 0.2) is 22.9 Å². The number of carbonyl (C=O) groups excluding carboxylic acids is 1. The number of carbonyl (C=O) groups is 1. The van der Waals surface area contributed by atoms with Crippen molar-refractivity contribution in [2.45, 2.75) is 26.9 Å². The highest BCUT2D eigenvalue weighted by Crippen LogP contribution is 2.10. The highest BCUT2D eigenvalue weighted by atomic mass is 16.4. The fraction of sp³-hybridized carbons (Fsp3) is 0.462. The third-order valence-electron chi connectivity index (χ3n) is 3.04. The highest BCUT2D eigenvalue weighted by molar-refractivity contribution is 5.91. The van der Waals surface area contributed by atoms with Crippen LogP contribution < -0.4 is 5.32 Å². The van der Waals surface area contributed by atoms with Crippen molar-refractivity contribution in [1.82, 2.24) is 25.4 Å². The summed E-state index contributed by atoms with van der Waals surface area (Å²) in [6.45, 7) is 7.09. The molecule has 0 saturated carbocycles. The number of nitrogens with one attached hydrogen (secondary N) is 2. The van der Waals surface area contributed by atoms with Gasteiger partial charge < -0.3 is 9.73 Å². The van der Waals surface area contributed by atoms with E-state index in [1.165, 1.54) is 6.33 Å². The van der Waals surface area contributed by atoms with Gasteiger partial charge in [0.05, 0.1) is 13.1 Å². The van der Waals surface area contributed by atoms with E-state index in [9.17, 15) is 4.79 Å². The van der Waals surface area contributed by atoms with Gasteiger partial charge in [-0.15, -0.1) is 0 Å². The van der Waals surface area contributed by atoms with Crippen LogP contribution in [0.25, 0.3) is 0 Å². The lowest BCUT2D eigenvalue weighted by Gasteiger charge is -2.15. The van der Waals surface area contributed by atoms with E-state index in [0.717, 1.165) is 18.8 Å². The van der Waals surface area contributed by atoms with Crippen LogP contribution in [-0.4, -0.2) is 39.1 Å². The number of hydrogen-bond donors (Lipinski definition) is 2. The van der Waals surface area contributed by atoms with E-state index >= 15 is 0 Å². The second-order valence-electron chi connectivity index (χ2n) is 4.34. The average molecular weight is 277 g/mol. The minimum Gasteiger partial charge on any atom is -0.455 e. The number of furan rings is 1. The Morgan fingerprint density at radius 1 is 1.40 bits per heavy atom. The molecule has 0 unspecified atom stereocenters. The molecule has 2 aromatic rings. The van der Waals surface area contributed by atoms with Crippen molar-refractivity contribution >= 4 is 5.91 Å². The van der Waals surface area contributed by atoms with E-state index in [1.807, 2.05) is 6.07 Å². The summed E-state index contributed by atoms with van der Waals surface area (Å²) in [5.41, 5.74) is 0. The quantitative estimate of drug-likeness (QED) is 0.793. The van der Waals surface area contributed by atoms with Gasteiger partial charge in [-0.05, 0) is 25.2 Å². The Morgan fingerprint density at radius 2 is 2.20 bits per heavy atom. The molecule has 0 bridgehead atoms. The zero-order valence-electron chi connectivity index (χ0n) is 11.7. The summed E-state index contributed by atoms with van der Waals surface area (Å²) in [7, 11) is 0. The molecule has 0 radical (unpaired) electrons. The molecule has 108 valence electrons. The number of aromatic amines is 1. The first-order chi connectivity index (χ1) is 9.72. The maximum Gasteiger partial charge on any atom is 0.287 e. The van der Waals surface area contributed by atoms with E-state index in [4.69, 9.17) is 4.42 Å². The van der Waals surface area contributed by atoms with Gasteiger partial charge >= 0.3 is 0 Å². The number of amides is 1. The zero-order valence-corrected chi connectivity index (χ0v) is 11.7. The summed E-state index contributed by atoms with van der Waals surface area (Å²) in [5, 5.41) is 9.11. The van der Waals surface area contributed by atoms with Crippen molar-refractivity contribution in [3.8, 4) is 0 Å². The summed E-state index contributed by atoms with van der Waals surface area (Å²) in [6.07, 6.45) is 1.40. The zero-order chi connectivity index (χ0) is 14.4. The van der Waals surface area contributed by atoms with Crippen LogP contribution in [-0.2, 0) is 13.1 Å². The maximum atomic E-state index is 11.9. The monoisotopic (exact) mass is 277 g/mol. The van der Waals surface area contributed by atoms with Gasteiger partial charge in [0, 0.05) is 0 Å². The number of rotatable bonds is 7. The number of nitrogens with zero attached hydrogens (tertiary/aromatic N) is 3. The fourth-order valence-corrected chi connectivity index (χ4v) is 1.82. The van der Waals surface area contributed by atoms with Gasteiger partial charge in [0.25, 0.3) is 5.91 Å². The molecule has 2 N–H and O–H groups in total. The first-order valence-electron chi connectivity index (χ1n) is 6.66. The topological polar surface area (TPSA) is 87.0 Å². The van der Waals surface area contributed by atoms with E-state index in [2.05, 4.69) is 39.2 Å². The predicted octanol–water partition coefficient (Wildman–Crippen LogP) is 1.17. The highest BCUT2D eigenvalue weighted by Gasteiger charge is 2.12. The molecule has 0 aliphatic rings. The second-order valence-corrected chi connectivity index (χ2v) is 4.34. The van der Waals surface area contributed by atoms with Gasteiger partial charge in [-0.25, -0.2) is 4.98 Å². The third kappa shape index (κ3) is 3.67. The molecule has 0 aromatic carbocycles. The number of hydrogen-bond acceptors (Lipinski definition) is 5. The van der Waals surface area contributed by atoms with Gasteiger partial charge in [0.2, 0.25) is 0 Å². The molecule has 2 heterocycles. The van der Waals surface area contributed by atoms with Crippen molar-refractivity contribution in [2.75, 3.05) is 13.1 Å². The average Bonchev–Trinajstić information content (AvgIpc) is 3.13. The van der Waals surface area contributed by atoms with Crippen LogP contribution in [0.2, 0.25) is 0 Å². The van der Waals surface area contributed by atoms with Crippen molar-refractivity contribution in [1.29, 1.82) is 0 Å². The van der Waals surface area contributed by atoms with E-state index < -0.39 is 0 Å². The van der Waals surface area contributed by atoms with Crippen LogP contribution in [0, 0.1) is 0 Å². The number of aromatic nitrogens is 3. The van der Waals surface area contributed by atoms with Crippen LogP contribution in [0.4, 0.5) is 0 Å². The molecule has 2 rings (SSSR count). The molecule has 0 atom stereocenters. The van der Waals surface area contributed by atoms with Crippen LogP contribution >= 0.6 is 0 Å². The minimum absolute atomic E-state index is 0.257. The smallest absolute Gasteiger partial charge is 0.287 e. The van der Waals surface area contributed by atoms with Gasteiger partial charge in [0.1, 0.15) is 17.9 Å². The normalized spacial score (nSPS) is 10.9. The van der Waals surface area contributed by atoms with Crippen LogP contribution in [0.5, 0.6) is 0 Å². The van der Waals surface area contributed by atoms with Crippen molar-refractivity contribution in [3.63, 3.8) is 0 Å². The summed E-state index contributed by atoms with van der Waals surface area (Å²) in [6, 6.07) is 3.52. The Morgan fingerprint density at radius 3 is 2.85 bits per heavy atom. The molecule has 1 amide bonds. The van der Waals surface area contributed by atoms with Crippen molar-refractivity contribution in [2.24, 2.45) is 0 Å². The maximum absolute atomic E-state index is 11.9. The minimum atomic E-state index is -0.257. The van der Waals surface area contributed by atoms with E-state index in [-0.39, 0.29) is 5.91 Å². The largest absolute Gasteiger partial charge is 0.455 e. The summed E-state index contributed by atoms with van der Waals surface area (Å²) < 4.78 is 5.55. The first kappa shape index (κ1) is 14.3. The first-order valence-corrected chi connectivity index (χ1v) is 6.66. The van der Waals surface area contributed by atoms with Gasteiger partial charge in [-0.1, -0.05) is 13.8 Å². The van der Waals surface area contributed by atoms with Gasteiger partial charge in [0.15, 0.2) is 5.76 Å². The lowest BCUT2D eigenvalue weighted by atomic mass is 10.3. The Kier molecular flexibility index (Phi) is 4.89. The molecule has 0 spiro atoms. The Hall–Kier alpha value is -2.15. The molecule has 0 aliphatic carbocycles. The van der Waals surface area contributed by atoms with Crippen LogP contribution in [0.1, 0.15) is 36.0 Å². The van der Waals surface area contributed by atoms with E-state index in [0.29, 0.717) is 24.7 Å². The molecule has 0 saturated heterocycles. The molecule has 0 fully saturated rings. The Bertz CT molecular complexity index is 531.